The fourth-order valence-electron chi connectivity index (χ4n) is 6.81. The number of para-hydroxylation sites is 1. The summed E-state index contributed by atoms with van der Waals surface area (Å²) < 4.78 is 64.5. The Kier molecular flexibility index (Phi) is 5.08. The summed E-state index contributed by atoms with van der Waals surface area (Å²) in [6, 6.07) is 36.0. The Labute approximate surface area is 308 Å². The van der Waals surface area contributed by atoms with E-state index in [-0.39, 0.29) is 53.0 Å². The monoisotopic (exact) mass is 693 g/mol. The molecule has 4 aromatic heterocycles. The van der Waals surface area contributed by atoms with Gasteiger partial charge in [-0.1, -0.05) is 109 Å². The summed E-state index contributed by atoms with van der Waals surface area (Å²) >= 11 is 2.85. The third-order valence-corrected chi connectivity index (χ3v) is 11.5. The van der Waals surface area contributed by atoms with Gasteiger partial charge in [0, 0.05) is 67.8 Å². The smallest absolute Gasteiger partial charge is 0.164 e. The Morgan fingerprint density at radius 2 is 1.18 bits per heavy atom. The fourth-order valence-corrected chi connectivity index (χ4v) is 9.10. The van der Waals surface area contributed by atoms with E-state index in [9.17, 15) is 4.11 Å². The molecule has 0 aliphatic rings. The van der Waals surface area contributed by atoms with Gasteiger partial charge in [0.1, 0.15) is 11.2 Å². The van der Waals surface area contributed by atoms with Crippen LogP contribution in [0.25, 0.3) is 108 Å². The van der Waals surface area contributed by atoms with Crippen molar-refractivity contribution in [1.29, 1.82) is 0 Å². The van der Waals surface area contributed by atoms with Crippen molar-refractivity contribution in [2.75, 3.05) is 0 Å². The number of rotatable bonds is 4. The van der Waals surface area contributed by atoms with Gasteiger partial charge in [-0.25, -0.2) is 15.0 Å². The van der Waals surface area contributed by atoms with Gasteiger partial charge in [-0.2, -0.15) is 0 Å². The van der Waals surface area contributed by atoms with Crippen LogP contribution in [0.1, 0.15) is 8.22 Å². The minimum atomic E-state index is -0.271. The molecule has 51 heavy (non-hydrogen) atoms. The van der Waals surface area contributed by atoms with Crippen LogP contribution in [0.5, 0.6) is 0 Å². The molecule has 0 aliphatic heterocycles. The van der Waals surface area contributed by atoms with Crippen LogP contribution >= 0.6 is 22.7 Å². The molecule has 0 atom stereocenters. The number of hydrogen-bond donors (Lipinski definition) is 0. The van der Waals surface area contributed by atoms with Gasteiger partial charge < -0.3 is 4.42 Å². The highest BCUT2D eigenvalue weighted by Crippen LogP contribution is 2.43. The van der Waals surface area contributed by atoms with Crippen molar-refractivity contribution in [3.05, 3.63) is 152 Å². The van der Waals surface area contributed by atoms with E-state index in [0.717, 1.165) is 47.7 Å². The predicted molar refractivity (Wildman–Crippen MR) is 215 cm³/mol. The molecule has 0 amide bonds. The average molecular weight is 694 g/mol. The van der Waals surface area contributed by atoms with Crippen LogP contribution in [0.2, 0.25) is 0 Å². The van der Waals surface area contributed by atoms with Gasteiger partial charge in [0.2, 0.25) is 0 Å². The van der Waals surface area contributed by atoms with Crippen LogP contribution in [-0.4, -0.2) is 15.0 Å². The predicted octanol–water partition coefficient (Wildman–Crippen LogP) is 13.2. The lowest BCUT2D eigenvalue weighted by atomic mass is 10.0. The number of aromatic nitrogens is 3. The molecular weight excluding hydrogens is 663 g/mol. The van der Waals surface area contributed by atoms with Gasteiger partial charge >= 0.3 is 0 Å². The van der Waals surface area contributed by atoms with Gasteiger partial charge in [0.05, 0.1) is 8.22 Å². The molecule has 0 aliphatic carbocycles. The van der Waals surface area contributed by atoms with Crippen LogP contribution in [-0.2, 0) is 0 Å². The normalized spacial score (nSPS) is 13.6. The number of thiophene rings is 2. The standard InChI is InChI=1S/C45H25N3OS2/c1-2-9-26(10-3-1)43-46-44(28-19-22-38-36(23-28)31-11-4-6-15-37(31)49-38)48-45(47-43)29-18-21-34-35-14-8-13-30(42(35)51-41(34)25-29)27-17-20-33-32-12-5-7-16-39(32)50-40(33)24-27/h1-25H/i8D,13D,14D,18D,21D,25D. The number of fused-ring (bicyclic) bond motifs is 9. The maximum absolute atomic E-state index is 9.64. The Morgan fingerprint density at radius 3 is 2.08 bits per heavy atom. The molecule has 4 nitrogen and oxygen atoms in total. The minimum absolute atomic E-state index is 0.0618. The first-order valence-electron chi connectivity index (χ1n) is 19.4. The van der Waals surface area contributed by atoms with E-state index in [1.54, 1.807) is 11.3 Å². The lowest BCUT2D eigenvalue weighted by Gasteiger charge is -2.08. The lowest BCUT2D eigenvalue weighted by Crippen LogP contribution is -2.00. The second kappa shape index (κ2) is 11.2. The van der Waals surface area contributed by atoms with E-state index in [2.05, 4.69) is 12.1 Å². The molecule has 0 N–H and O–H groups in total. The van der Waals surface area contributed by atoms with Crippen molar-refractivity contribution >= 4 is 85.0 Å². The van der Waals surface area contributed by atoms with Gasteiger partial charge in [-0.3, -0.25) is 0 Å². The van der Waals surface area contributed by atoms with Crippen molar-refractivity contribution in [2.24, 2.45) is 0 Å². The zero-order valence-electron chi connectivity index (χ0n) is 32.5. The summed E-state index contributed by atoms with van der Waals surface area (Å²) in [5.74, 6) is 0.750. The van der Waals surface area contributed by atoms with Crippen LogP contribution in [0, 0.1) is 0 Å². The zero-order valence-corrected chi connectivity index (χ0v) is 28.2. The van der Waals surface area contributed by atoms with Gasteiger partial charge in [-0.05, 0) is 53.6 Å². The van der Waals surface area contributed by atoms with E-state index >= 15 is 0 Å². The third kappa shape index (κ3) is 4.61. The Balaban J connectivity index is 1.16. The van der Waals surface area contributed by atoms with Crippen LogP contribution in [0.3, 0.4) is 0 Å². The molecule has 11 rings (SSSR count). The van der Waals surface area contributed by atoms with E-state index in [1.165, 1.54) is 11.3 Å². The molecule has 7 aromatic carbocycles. The summed E-state index contributed by atoms with van der Waals surface area (Å²) in [7, 11) is 0. The first kappa shape index (κ1) is 23.2. The highest BCUT2D eigenvalue weighted by Gasteiger charge is 2.17. The number of furan rings is 1. The van der Waals surface area contributed by atoms with Crippen molar-refractivity contribution in [3.63, 3.8) is 0 Å². The second-order valence-corrected chi connectivity index (χ2v) is 14.4. The highest BCUT2D eigenvalue weighted by atomic mass is 32.1. The molecule has 6 heteroatoms. The number of hydrogen-bond acceptors (Lipinski definition) is 6. The van der Waals surface area contributed by atoms with Crippen molar-refractivity contribution in [3.8, 4) is 45.3 Å². The van der Waals surface area contributed by atoms with Gasteiger partial charge in [0.25, 0.3) is 0 Å². The van der Waals surface area contributed by atoms with Crippen molar-refractivity contribution in [1.82, 2.24) is 15.0 Å². The van der Waals surface area contributed by atoms with E-state index < -0.39 is 0 Å². The van der Waals surface area contributed by atoms with Crippen molar-refractivity contribution < 1.29 is 12.6 Å². The Morgan fingerprint density at radius 1 is 0.451 bits per heavy atom. The van der Waals surface area contributed by atoms with Crippen LogP contribution < -0.4 is 0 Å². The quantitative estimate of drug-likeness (QED) is 0.184. The van der Waals surface area contributed by atoms with Crippen LogP contribution in [0.15, 0.2) is 156 Å². The molecule has 0 bridgehead atoms. The first-order chi connectivity index (χ1) is 27.7. The maximum atomic E-state index is 9.64. The largest absolute Gasteiger partial charge is 0.456 e. The molecule has 0 spiro atoms. The molecule has 11 aromatic rings. The molecular formula is C45H25N3OS2. The molecule has 238 valence electrons. The zero-order chi connectivity index (χ0) is 38.7. The van der Waals surface area contributed by atoms with E-state index in [1.807, 2.05) is 103 Å². The molecule has 4 heterocycles. The first-order valence-corrected chi connectivity index (χ1v) is 18.0. The Hall–Kier alpha value is -6.21. The number of benzene rings is 7. The topological polar surface area (TPSA) is 51.8 Å². The van der Waals surface area contributed by atoms with Crippen molar-refractivity contribution in [2.45, 2.75) is 0 Å². The summed E-state index contributed by atoms with van der Waals surface area (Å²) in [4.78, 5) is 14.6. The average Bonchev–Trinajstić information content (AvgIpc) is 3.94. The molecule has 0 fully saturated rings. The summed E-state index contributed by atoms with van der Waals surface area (Å²) in [5, 5.41) is 4.62. The van der Waals surface area contributed by atoms with Gasteiger partial charge in [-0.15, -0.1) is 22.7 Å². The summed E-state index contributed by atoms with van der Waals surface area (Å²) in [6.07, 6.45) is 0. The summed E-state index contributed by atoms with van der Waals surface area (Å²) in [5.41, 5.74) is 4.13. The lowest BCUT2D eigenvalue weighted by molar-refractivity contribution is 0.669. The highest BCUT2D eigenvalue weighted by molar-refractivity contribution is 7.26. The molecule has 0 unspecified atom stereocenters. The molecule has 0 saturated carbocycles. The molecule has 0 saturated heterocycles. The fraction of sp³-hybridized carbons (Fsp3) is 0. The maximum Gasteiger partial charge on any atom is 0.164 e. The molecule has 0 radical (unpaired) electrons. The summed E-state index contributed by atoms with van der Waals surface area (Å²) in [6.45, 7) is 0. The third-order valence-electron chi connectivity index (χ3n) is 9.25. The second-order valence-electron chi connectivity index (χ2n) is 12.3. The van der Waals surface area contributed by atoms with Gasteiger partial charge in [0.15, 0.2) is 17.5 Å². The van der Waals surface area contributed by atoms with E-state index in [4.69, 9.17) is 23.5 Å². The minimum Gasteiger partial charge on any atom is -0.456 e. The Bertz CT molecular complexity index is 3510. The SMILES string of the molecule is [2H]c1c([2H])c([2H])c2c(sc3c([2H])c(-c4nc(-c5ccccc5)nc(-c5ccc6oc7ccccc7c6c5)n4)c([2H])c([2H])c32)c1-c1ccc2c(c1)sc1ccccc12. The van der Waals surface area contributed by atoms with E-state index in [0.29, 0.717) is 43.1 Å². The number of nitrogens with zero attached hydrogens (tertiary/aromatic N) is 3. The van der Waals surface area contributed by atoms with Crippen LogP contribution in [0.4, 0.5) is 0 Å².